The van der Waals surface area contributed by atoms with Crippen molar-refractivity contribution in [1.82, 2.24) is 10.2 Å². The normalized spacial score (nSPS) is 15.2. The van der Waals surface area contributed by atoms with Crippen molar-refractivity contribution < 1.29 is 14.3 Å². The third-order valence-corrected chi connectivity index (χ3v) is 5.28. The number of carbonyl (C=O) groups is 2. The molecule has 1 fully saturated rings. The minimum Gasteiger partial charge on any atom is -0.486 e. The molecule has 3 amide bonds. The van der Waals surface area contributed by atoms with E-state index in [1.54, 1.807) is 30.3 Å². The van der Waals surface area contributed by atoms with E-state index in [2.05, 4.69) is 5.32 Å². The van der Waals surface area contributed by atoms with Crippen molar-refractivity contribution in [3.05, 3.63) is 67.2 Å². The summed E-state index contributed by atoms with van der Waals surface area (Å²) in [5.74, 6) is -0.0994. The van der Waals surface area contributed by atoms with Crippen molar-refractivity contribution >= 4 is 64.4 Å². The lowest BCUT2D eigenvalue weighted by atomic mass is 10.1. The molecule has 0 unspecified atom stereocenters. The van der Waals surface area contributed by atoms with Gasteiger partial charge in [-0.25, -0.2) is 4.79 Å². The minimum absolute atomic E-state index is 0.149. The lowest BCUT2D eigenvalue weighted by Gasteiger charge is -2.12. The van der Waals surface area contributed by atoms with Crippen molar-refractivity contribution in [2.75, 3.05) is 6.54 Å². The van der Waals surface area contributed by atoms with E-state index in [1.807, 2.05) is 6.92 Å². The van der Waals surface area contributed by atoms with Crippen LogP contribution in [0.4, 0.5) is 4.79 Å². The number of carbonyl (C=O) groups excluding carboxylic acids is 2. The largest absolute Gasteiger partial charge is 0.486 e. The van der Waals surface area contributed by atoms with Gasteiger partial charge in [-0.15, -0.1) is 0 Å². The van der Waals surface area contributed by atoms with Gasteiger partial charge in [-0.05, 0) is 42.3 Å². The number of amides is 3. The molecule has 1 saturated heterocycles. The molecule has 2 aromatic carbocycles. The standard InChI is InChI=1S/C20H16Cl4N2O3/c1-2-5-26-19(27)17(25-20(26)28)8-11-6-15(23)18(16(24)7-11)29-10-12-3-4-13(21)9-14(12)22/h3-4,6-9H,2,5,10H2,1H3,(H,25,28)/b17-8+. The highest BCUT2D eigenvalue weighted by Crippen LogP contribution is 2.36. The molecule has 5 nitrogen and oxygen atoms in total. The molecular formula is C20H16Cl4N2O3. The summed E-state index contributed by atoms with van der Waals surface area (Å²) in [5, 5.41) is 4.07. The zero-order chi connectivity index (χ0) is 21.1. The molecule has 0 aliphatic carbocycles. The van der Waals surface area contributed by atoms with Gasteiger partial charge in [0.25, 0.3) is 5.91 Å². The van der Waals surface area contributed by atoms with Crippen LogP contribution in [0.25, 0.3) is 6.08 Å². The summed E-state index contributed by atoms with van der Waals surface area (Å²) in [5.41, 5.74) is 1.45. The fourth-order valence-electron chi connectivity index (χ4n) is 2.75. The number of hydrogen-bond acceptors (Lipinski definition) is 3. The summed E-state index contributed by atoms with van der Waals surface area (Å²) in [6, 6.07) is 7.83. The molecule has 2 aromatic rings. The molecule has 152 valence electrons. The number of hydrogen-bond donors (Lipinski definition) is 1. The molecule has 0 spiro atoms. The van der Waals surface area contributed by atoms with Crippen LogP contribution < -0.4 is 10.1 Å². The van der Waals surface area contributed by atoms with E-state index >= 15 is 0 Å². The van der Waals surface area contributed by atoms with Crippen LogP contribution in [0, 0.1) is 0 Å². The summed E-state index contributed by atoms with van der Waals surface area (Å²) in [7, 11) is 0. The number of rotatable bonds is 6. The van der Waals surface area contributed by atoms with E-state index in [0.717, 1.165) is 10.5 Å². The minimum atomic E-state index is -0.444. The van der Waals surface area contributed by atoms with Gasteiger partial charge in [0.2, 0.25) is 0 Å². The van der Waals surface area contributed by atoms with Crippen LogP contribution in [0.5, 0.6) is 5.75 Å². The van der Waals surface area contributed by atoms with Gasteiger partial charge in [0.05, 0.1) is 10.0 Å². The highest BCUT2D eigenvalue weighted by molar-refractivity contribution is 6.37. The molecule has 29 heavy (non-hydrogen) atoms. The lowest BCUT2D eigenvalue weighted by Crippen LogP contribution is -2.31. The van der Waals surface area contributed by atoms with E-state index in [9.17, 15) is 9.59 Å². The number of nitrogens with one attached hydrogen (secondary N) is 1. The predicted molar refractivity (Wildman–Crippen MR) is 116 cm³/mol. The van der Waals surface area contributed by atoms with E-state index in [-0.39, 0.29) is 34.0 Å². The first-order chi connectivity index (χ1) is 13.8. The van der Waals surface area contributed by atoms with Gasteiger partial charge in [-0.1, -0.05) is 59.4 Å². The topological polar surface area (TPSA) is 58.6 Å². The molecule has 0 atom stereocenters. The van der Waals surface area contributed by atoms with Gasteiger partial charge >= 0.3 is 6.03 Å². The van der Waals surface area contributed by atoms with Crippen molar-refractivity contribution in [2.24, 2.45) is 0 Å². The van der Waals surface area contributed by atoms with Crippen LogP contribution in [0.2, 0.25) is 20.1 Å². The summed E-state index contributed by atoms with van der Waals surface area (Å²) >= 11 is 24.7. The van der Waals surface area contributed by atoms with E-state index in [4.69, 9.17) is 51.1 Å². The number of nitrogens with zero attached hydrogens (tertiary/aromatic N) is 1. The van der Waals surface area contributed by atoms with Crippen LogP contribution in [-0.4, -0.2) is 23.4 Å². The molecule has 0 radical (unpaired) electrons. The number of urea groups is 1. The Hall–Kier alpha value is -1.92. The number of imide groups is 1. The molecule has 9 heteroatoms. The quantitative estimate of drug-likeness (QED) is 0.402. The van der Waals surface area contributed by atoms with Gasteiger partial charge < -0.3 is 10.1 Å². The van der Waals surface area contributed by atoms with Crippen LogP contribution in [0.1, 0.15) is 24.5 Å². The zero-order valence-corrected chi connectivity index (χ0v) is 18.3. The Morgan fingerprint density at radius 3 is 2.34 bits per heavy atom. The summed E-state index contributed by atoms with van der Waals surface area (Å²) in [4.78, 5) is 25.4. The fourth-order valence-corrected chi connectivity index (χ4v) is 3.83. The second-order valence-corrected chi connectivity index (χ2v) is 7.94. The highest BCUT2D eigenvalue weighted by Gasteiger charge is 2.32. The lowest BCUT2D eigenvalue weighted by molar-refractivity contribution is -0.122. The van der Waals surface area contributed by atoms with Crippen LogP contribution in [-0.2, 0) is 11.4 Å². The second-order valence-electron chi connectivity index (χ2n) is 6.28. The monoisotopic (exact) mass is 472 g/mol. The molecular weight excluding hydrogens is 458 g/mol. The second kappa shape index (κ2) is 9.26. The van der Waals surface area contributed by atoms with Crippen LogP contribution in [0.3, 0.4) is 0 Å². The molecule has 0 saturated carbocycles. The van der Waals surface area contributed by atoms with Gasteiger partial charge in [0.1, 0.15) is 12.3 Å². The van der Waals surface area contributed by atoms with Crippen molar-refractivity contribution in [2.45, 2.75) is 20.0 Å². The maximum atomic E-state index is 12.3. The number of benzene rings is 2. The van der Waals surface area contributed by atoms with Crippen molar-refractivity contribution in [3.8, 4) is 5.75 Å². The summed E-state index contributed by atoms with van der Waals surface area (Å²) in [6.45, 7) is 2.39. The molecule has 1 aliphatic rings. The van der Waals surface area contributed by atoms with Gasteiger partial charge in [0.15, 0.2) is 5.75 Å². The Balaban J connectivity index is 1.79. The van der Waals surface area contributed by atoms with Gasteiger partial charge in [0, 0.05) is 22.2 Å². The molecule has 0 bridgehead atoms. The van der Waals surface area contributed by atoms with Crippen molar-refractivity contribution in [3.63, 3.8) is 0 Å². The Kier molecular flexibility index (Phi) is 6.96. The molecule has 1 N–H and O–H groups in total. The molecule has 1 heterocycles. The maximum absolute atomic E-state index is 12.3. The van der Waals surface area contributed by atoms with Crippen LogP contribution in [0.15, 0.2) is 36.0 Å². The van der Waals surface area contributed by atoms with E-state index in [1.165, 1.54) is 6.08 Å². The molecule has 3 rings (SSSR count). The van der Waals surface area contributed by atoms with Gasteiger partial charge in [-0.2, -0.15) is 0 Å². The predicted octanol–water partition coefficient (Wildman–Crippen LogP) is 6.18. The first-order valence-corrected chi connectivity index (χ1v) is 10.2. The van der Waals surface area contributed by atoms with E-state index < -0.39 is 6.03 Å². The number of halogens is 4. The average Bonchev–Trinajstić information content (AvgIpc) is 2.90. The Morgan fingerprint density at radius 1 is 1.03 bits per heavy atom. The fraction of sp³-hybridized carbons (Fsp3) is 0.200. The summed E-state index contributed by atoms with van der Waals surface area (Å²) in [6.07, 6.45) is 2.20. The SMILES string of the molecule is CCCN1C(=O)N/C(=C/c2cc(Cl)c(OCc3ccc(Cl)cc3Cl)c(Cl)c2)C1=O. The Labute approximate surface area is 188 Å². The van der Waals surface area contributed by atoms with Crippen molar-refractivity contribution in [1.29, 1.82) is 0 Å². The third-order valence-electron chi connectivity index (χ3n) is 4.13. The molecule has 0 aromatic heterocycles. The maximum Gasteiger partial charge on any atom is 0.329 e. The van der Waals surface area contributed by atoms with Gasteiger partial charge in [-0.3, -0.25) is 9.69 Å². The van der Waals surface area contributed by atoms with Crippen LogP contribution >= 0.6 is 46.4 Å². The zero-order valence-electron chi connectivity index (χ0n) is 15.3. The first kappa shape index (κ1) is 21.8. The third kappa shape index (κ3) is 4.98. The summed E-state index contributed by atoms with van der Waals surface area (Å²) < 4.78 is 5.73. The Morgan fingerprint density at radius 2 is 1.72 bits per heavy atom. The highest BCUT2D eigenvalue weighted by atomic mass is 35.5. The first-order valence-electron chi connectivity index (χ1n) is 8.70. The molecule has 1 aliphatic heterocycles. The average molecular weight is 474 g/mol. The number of ether oxygens (including phenoxy) is 1. The smallest absolute Gasteiger partial charge is 0.329 e. The van der Waals surface area contributed by atoms with E-state index in [0.29, 0.717) is 28.6 Å². The Bertz CT molecular complexity index is 984.